The molecule has 1 aromatic carbocycles. The number of hydrogen-bond acceptors (Lipinski definition) is 4. The van der Waals surface area contributed by atoms with E-state index < -0.39 is 5.92 Å². The van der Waals surface area contributed by atoms with E-state index in [2.05, 4.69) is 53.6 Å². The van der Waals surface area contributed by atoms with Gasteiger partial charge in [-0.2, -0.15) is 0 Å². The largest absolute Gasteiger partial charge is 0.369 e. The Balaban J connectivity index is 0.000000868. The molecule has 41 heavy (non-hydrogen) atoms. The third-order valence-corrected chi connectivity index (χ3v) is 8.02. The van der Waals surface area contributed by atoms with Crippen molar-refractivity contribution in [2.75, 3.05) is 38.1 Å². The van der Waals surface area contributed by atoms with Crippen LogP contribution in [0.25, 0.3) is 23.6 Å². The van der Waals surface area contributed by atoms with Crippen molar-refractivity contribution in [1.82, 2.24) is 14.8 Å². The Morgan fingerprint density at radius 2 is 1.68 bits per heavy atom. The number of nitrogens with one attached hydrogen (secondary N) is 1. The van der Waals surface area contributed by atoms with Crippen molar-refractivity contribution < 1.29 is 8.78 Å². The number of aromatic nitrogens is 1. The number of amidine groups is 1. The number of likely N-dealkylation sites (N-methyl/N-ethyl adjacent to an activating group) is 1. The average Bonchev–Trinajstić information content (AvgIpc) is 2.94. The number of pyridine rings is 1. The van der Waals surface area contributed by atoms with Crippen molar-refractivity contribution in [2.24, 2.45) is 4.99 Å². The molecule has 6 nitrogen and oxygen atoms in total. The number of hydrogen-bond donors (Lipinski definition) is 1. The second kappa shape index (κ2) is 14.9. The van der Waals surface area contributed by atoms with Crippen LogP contribution in [0.1, 0.15) is 92.0 Å². The molecule has 0 amide bonds. The number of benzene rings is 1. The minimum Gasteiger partial charge on any atom is -0.369 e. The number of anilines is 1. The molecule has 1 aromatic heterocycles. The van der Waals surface area contributed by atoms with Gasteiger partial charge in [-0.25, -0.2) is 8.78 Å². The van der Waals surface area contributed by atoms with Crippen LogP contribution < -0.4 is 26.3 Å². The van der Waals surface area contributed by atoms with E-state index in [0.29, 0.717) is 16.6 Å². The summed E-state index contributed by atoms with van der Waals surface area (Å²) in [5.74, 6) is -2.00. The van der Waals surface area contributed by atoms with E-state index in [4.69, 9.17) is 0 Å². The minimum atomic E-state index is -2.59. The molecule has 2 aromatic rings. The van der Waals surface area contributed by atoms with Gasteiger partial charge in [0.1, 0.15) is 0 Å². The van der Waals surface area contributed by atoms with E-state index in [-0.39, 0.29) is 30.5 Å². The van der Waals surface area contributed by atoms with Gasteiger partial charge in [-0.1, -0.05) is 66.0 Å². The number of aliphatic imine (C=N–C) groups is 1. The first-order valence-corrected chi connectivity index (χ1v) is 15.6. The van der Waals surface area contributed by atoms with Gasteiger partial charge >= 0.3 is 0 Å². The molecule has 3 aliphatic rings. The van der Waals surface area contributed by atoms with Gasteiger partial charge in [0.25, 0.3) is 11.5 Å². The second-order valence-corrected chi connectivity index (χ2v) is 11.5. The Hall–Kier alpha value is -2.74. The van der Waals surface area contributed by atoms with Gasteiger partial charge in [0.2, 0.25) is 0 Å². The molecule has 2 heterocycles. The van der Waals surface area contributed by atoms with Crippen molar-refractivity contribution in [3.05, 3.63) is 39.1 Å². The summed E-state index contributed by atoms with van der Waals surface area (Å²) in [7, 11) is 2.13. The fourth-order valence-corrected chi connectivity index (χ4v) is 5.84. The van der Waals surface area contributed by atoms with E-state index in [1.54, 1.807) is 6.92 Å². The van der Waals surface area contributed by atoms with Crippen molar-refractivity contribution in [3.63, 3.8) is 0 Å². The molecule has 1 aliphatic heterocycles. The smallest absolute Gasteiger partial charge is 0.259 e. The Kier molecular flexibility index (Phi) is 11.9. The fraction of sp³-hybridized carbons (Fsp3) is 0.636. The summed E-state index contributed by atoms with van der Waals surface area (Å²) >= 11 is 0. The molecular formula is C33H51F2N5O. The summed E-state index contributed by atoms with van der Waals surface area (Å²) in [4.78, 5) is 22.9. The molecule has 0 atom stereocenters. The molecule has 0 unspecified atom stereocenters. The lowest BCUT2D eigenvalue weighted by molar-refractivity contribution is -0.0834. The van der Waals surface area contributed by atoms with Gasteiger partial charge in [0, 0.05) is 72.9 Å². The second-order valence-electron chi connectivity index (χ2n) is 11.5. The number of nitrogens with zero attached hydrogens (tertiary/aromatic N) is 4. The third-order valence-electron chi connectivity index (χ3n) is 8.02. The van der Waals surface area contributed by atoms with Crippen LogP contribution in [-0.4, -0.2) is 60.5 Å². The third kappa shape index (κ3) is 8.18. The molecule has 228 valence electrons. The summed E-state index contributed by atoms with van der Waals surface area (Å²) in [6, 6.07) is 5.95. The Labute approximate surface area is 244 Å². The number of halogens is 2. The first-order valence-electron chi connectivity index (χ1n) is 15.6. The summed E-state index contributed by atoms with van der Waals surface area (Å²) in [5.41, 5.74) is 1.10. The molecule has 0 radical (unpaired) electrons. The lowest BCUT2D eigenvalue weighted by Crippen LogP contribution is -2.46. The molecule has 1 saturated heterocycles. The van der Waals surface area contributed by atoms with Crippen LogP contribution in [0.4, 0.5) is 14.5 Å². The maximum Gasteiger partial charge on any atom is 0.259 e. The highest BCUT2D eigenvalue weighted by Crippen LogP contribution is 2.39. The topological polar surface area (TPSA) is 52.9 Å². The Morgan fingerprint density at radius 3 is 2.27 bits per heavy atom. The maximum atomic E-state index is 13.8. The summed E-state index contributed by atoms with van der Waals surface area (Å²) in [5, 5.41) is 6.30. The van der Waals surface area contributed by atoms with E-state index in [1.807, 2.05) is 36.7 Å². The Bertz CT molecular complexity index is 1330. The van der Waals surface area contributed by atoms with Crippen molar-refractivity contribution in [3.8, 4) is 0 Å². The Morgan fingerprint density at radius 1 is 1.07 bits per heavy atom. The van der Waals surface area contributed by atoms with E-state index in [0.717, 1.165) is 68.2 Å². The van der Waals surface area contributed by atoms with Crippen LogP contribution in [0.15, 0.2) is 28.0 Å². The average molecular weight is 572 g/mol. The molecule has 1 N–H and O–H groups in total. The highest BCUT2D eigenvalue weighted by Gasteiger charge is 2.45. The van der Waals surface area contributed by atoms with Gasteiger partial charge in [-0.15, -0.1) is 0 Å². The molecule has 0 spiro atoms. The molecule has 2 aliphatic carbocycles. The number of alkyl halides is 2. The molecule has 5 rings (SSSR count). The van der Waals surface area contributed by atoms with Crippen LogP contribution in [0.2, 0.25) is 0 Å². The minimum absolute atomic E-state index is 0.0251. The maximum absolute atomic E-state index is 13.8. The highest BCUT2D eigenvalue weighted by atomic mass is 19.3. The summed E-state index contributed by atoms with van der Waals surface area (Å²) in [6.45, 7) is 18.3. The first-order chi connectivity index (χ1) is 19.6. The number of piperazine rings is 1. The van der Waals surface area contributed by atoms with Gasteiger partial charge in [-0.3, -0.25) is 9.79 Å². The van der Waals surface area contributed by atoms with Crippen LogP contribution in [0.3, 0.4) is 0 Å². The van der Waals surface area contributed by atoms with Crippen molar-refractivity contribution in [1.29, 1.82) is 0 Å². The van der Waals surface area contributed by atoms with Crippen LogP contribution in [0, 0.1) is 0 Å². The summed E-state index contributed by atoms with van der Waals surface area (Å²) in [6.07, 6.45) is 8.10. The normalized spacial score (nSPS) is 20.5. The first kappa shape index (κ1) is 32.8. The number of rotatable bonds is 4. The van der Waals surface area contributed by atoms with Crippen molar-refractivity contribution in [2.45, 2.75) is 104 Å². The van der Waals surface area contributed by atoms with Gasteiger partial charge < -0.3 is 19.7 Å². The zero-order chi connectivity index (χ0) is 30.2. The zero-order valence-corrected chi connectivity index (χ0v) is 26.1. The van der Waals surface area contributed by atoms with E-state index in [9.17, 15) is 13.6 Å². The molecule has 3 fully saturated rings. The van der Waals surface area contributed by atoms with Gasteiger partial charge in [0.15, 0.2) is 0 Å². The molecule has 2 saturated carbocycles. The zero-order valence-electron chi connectivity index (χ0n) is 26.1. The van der Waals surface area contributed by atoms with Gasteiger partial charge in [-0.05, 0) is 44.3 Å². The van der Waals surface area contributed by atoms with Crippen LogP contribution in [-0.2, 0) is 0 Å². The highest BCUT2D eigenvalue weighted by molar-refractivity contribution is 5.88. The fourth-order valence-electron chi connectivity index (χ4n) is 5.84. The summed E-state index contributed by atoms with van der Waals surface area (Å²) < 4.78 is 28.3. The molecule has 0 bridgehead atoms. The number of fused-ring (bicyclic) bond motifs is 1. The van der Waals surface area contributed by atoms with Crippen molar-refractivity contribution >= 4 is 35.1 Å². The molecular weight excluding hydrogens is 520 g/mol. The van der Waals surface area contributed by atoms with E-state index >= 15 is 0 Å². The predicted octanol–water partition coefficient (Wildman–Crippen LogP) is 5.66. The quantitative estimate of drug-likeness (QED) is 0.381. The van der Waals surface area contributed by atoms with Crippen LogP contribution >= 0.6 is 0 Å². The standard InChI is InChI=1S/C28H37F2N5O.C3H8.C2H6/c1-19-26(18-31-20(2)32-21-16-28(29,30)17-21)24-10-9-23(34-13-11-33(3)12-14-34)15-25(24)27(36)35(19)22-7-5-4-6-8-22;1-3-2;1-2/h9-10,15,18,21-22H,1,4-8,11-14,16-17H2,2-3H3,(H,31,32);3H2,1-2H3;1-2H3/b26-18+;;. The SMILES string of the molecule is C=c1/c(=C\NC(C)=NC2CC(F)(F)C2)c2ccc(N3CCN(C)CC3)cc2c(=O)n1C1CCCCC1.CC.CCC. The monoisotopic (exact) mass is 571 g/mol. The predicted molar refractivity (Wildman–Crippen MR) is 171 cm³/mol. The molecule has 8 heteroatoms. The van der Waals surface area contributed by atoms with E-state index in [1.165, 1.54) is 12.8 Å². The van der Waals surface area contributed by atoms with Gasteiger partial charge in [0.05, 0.1) is 11.9 Å². The lowest BCUT2D eigenvalue weighted by Gasteiger charge is -2.34. The van der Waals surface area contributed by atoms with Crippen LogP contribution in [0.5, 0.6) is 0 Å². The lowest BCUT2D eigenvalue weighted by atomic mass is 9.89.